The van der Waals surface area contributed by atoms with Crippen molar-refractivity contribution in [3.05, 3.63) is 35.6 Å². The van der Waals surface area contributed by atoms with E-state index >= 15 is 0 Å². The highest BCUT2D eigenvalue weighted by atomic mass is 16.6. The zero-order valence-electron chi connectivity index (χ0n) is 12.5. The van der Waals surface area contributed by atoms with Gasteiger partial charge in [-0.25, -0.2) is 4.79 Å². The largest absolute Gasteiger partial charge is 0.486 e. The van der Waals surface area contributed by atoms with Gasteiger partial charge in [0, 0.05) is 19.7 Å². The molecule has 1 aromatic carbocycles. The molecule has 116 valence electrons. The van der Waals surface area contributed by atoms with Crippen molar-refractivity contribution in [1.29, 1.82) is 0 Å². The van der Waals surface area contributed by atoms with Gasteiger partial charge in [-0.3, -0.25) is 5.32 Å². The van der Waals surface area contributed by atoms with E-state index in [1.807, 2.05) is 18.2 Å². The van der Waals surface area contributed by atoms with E-state index in [0.29, 0.717) is 37.1 Å². The second-order valence-corrected chi connectivity index (χ2v) is 5.09. The summed E-state index contributed by atoms with van der Waals surface area (Å²) < 4.78 is 15.9. The fraction of sp³-hybridized carbons (Fsp3) is 0.333. The Labute approximate surface area is 127 Å². The summed E-state index contributed by atoms with van der Waals surface area (Å²) in [6, 6.07) is 7.06. The van der Waals surface area contributed by atoms with Crippen LogP contribution < -0.4 is 14.8 Å². The van der Waals surface area contributed by atoms with E-state index in [0.717, 1.165) is 11.3 Å². The van der Waals surface area contributed by atoms with Gasteiger partial charge in [0.15, 0.2) is 17.3 Å². The van der Waals surface area contributed by atoms with Crippen molar-refractivity contribution in [1.82, 2.24) is 10.1 Å². The van der Waals surface area contributed by atoms with Gasteiger partial charge in [-0.1, -0.05) is 11.2 Å². The molecule has 1 aliphatic heterocycles. The van der Waals surface area contributed by atoms with E-state index in [4.69, 9.17) is 14.0 Å². The zero-order chi connectivity index (χ0) is 15.5. The van der Waals surface area contributed by atoms with Crippen LogP contribution in [0.25, 0.3) is 0 Å². The molecular formula is C15H17N3O4. The number of hydrogen-bond donors (Lipinski definition) is 1. The van der Waals surface area contributed by atoms with Crippen LogP contribution in [0.3, 0.4) is 0 Å². The first-order chi connectivity index (χ1) is 10.6. The second kappa shape index (κ2) is 5.97. The van der Waals surface area contributed by atoms with Crippen molar-refractivity contribution >= 4 is 11.8 Å². The zero-order valence-corrected chi connectivity index (χ0v) is 12.5. The molecule has 0 saturated heterocycles. The number of rotatable bonds is 3. The number of carbonyl (C=O) groups excluding carboxylic acids is 1. The molecule has 1 aromatic heterocycles. The summed E-state index contributed by atoms with van der Waals surface area (Å²) in [5, 5.41) is 6.40. The Hall–Kier alpha value is -2.70. The molecule has 22 heavy (non-hydrogen) atoms. The highest BCUT2D eigenvalue weighted by molar-refractivity contribution is 5.88. The van der Waals surface area contributed by atoms with Crippen LogP contribution in [-0.2, 0) is 6.54 Å². The van der Waals surface area contributed by atoms with Gasteiger partial charge in [0.05, 0.1) is 0 Å². The van der Waals surface area contributed by atoms with Gasteiger partial charge >= 0.3 is 6.03 Å². The molecule has 0 atom stereocenters. The minimum Gasteiger partial charge on any atom is -0.486 e. The molecule has 7 heteroatoms. The molecule has 0 fully saturated rings. The molecule has 2 heterocycles. The third-order valence-electron chi connectivity index (χ3n) is 3.24. The number of urea groups is 1. The monoisotopic (exact) mass is 303 g/mol. The number of anilines is 1. The molecule has 3 rings (SSSR count). The van der Waals surface area contributed by atoms with E-state index in [1.54, 1.807) is 24.9 Å². The molecule has 0 aliphatic carbocycles. The maximum absolute atomic E-state index is 12.1. The van der Waals surface area contributed by atoms with Crippen LogP contribution in [0.2, 0.25) is 0 Å². The number of fused-ring (bicyclic) bond motifs is 1. The average molecular weight is 303 g/mol. The third kappa shape index (κ3) is 3.13. The number of benzene rings is 1. The average Bonchev–Trinajstić information content (AvgIpc) is 2.92. The van der Waals surface area contributed by atoms with Crippen molar-refractivity contribution < 1.29 is 18.8 Å². The van der Waals surface area contributed by atoms with Gasteiger partial charge in [-0.2, -0.15) is 0 Å². The molecule has 2 aromatic rings. The maximum Gasteiger partial charge on any atom is 0.323 e. The summed E-state index contributed by atoms with van der Waals surface area (Å²) in [7, 11) is 1.71. The first-order valence-electron chi connectivity index (χ1n) is 6.96. The van der Waals surface area contributed by atoms with Gasteiger partial charge in [0.2, 0.25) is 0 Å². The van der Waals surface area contributed by atoms with Crippen molar-refractivity contribution in [2.75, 3.05) is 25.6 Å². The van der Waals surface area contributed by atoms with Crippen LogP contribution in [0.4, 0.5) is 10.6 Å². The Morgan fingerprint density at radius 2 is 2.05 bits per heavy atom. The molecule has 0 saturated carbocycles. The lowest BCUT2D eigenvalue weighted by Gasteiger charge is -2.21. The number of nitrogens with one attached hydrogen (secondary N) is 1. The molecule has 1 N–H and O–H groups in total. The van der Waals surface area contributed by atoms with E-state index < -0.39 is 0 Å². The molecule has 0 spiro atoms. The van der Waals surface area contributed by atoms with Crippen LogP contribution in [0.5, 0.6) is 11.5 Å². The van der Waals surface area contributed by atoms with Crippen molar-refractivity contribution in [2.45, 2.75) is 13.5 Å². The van der Waals surface area contributed by atoms with Crippen LogP contribution in [0.15, 0.2) is 28.8 Å². The topological polar surface area (TPSA) is 76.8 Å². The quantitative estimate of drug-likeness (QED) is 0.942. The summed E-state index contributed by atoms with van der Waals surface area (Å²) in [5.74, 6) is 2.49. The summed E-state index contributed by atoms with van der Waals surface area (Å²) in [5.41, 5.74) is 0.957. The molecule has 7 nitrogen and oxygen atoms in total. The number of hydrogen-bond acceptors (Lipinski definition) is 5. The Morgan fingerprint density at radius 1 is 1.27 bits per heavy atom. The van der Waals surface area contributed by atoms with Gasteiger partial charge < -0.3 is 18.9 Å². The van der Waals surface area contributed by atoms with Gasteiger partial charge in [-0.05, 0) is 24.6 Å². The molecule has 2 amide bonds. The number of carbonyl (C=O) groups is 1. The number of nitrogens with zero attached hydrogens (tertiary/aromatic N) is 2. The fourth-order valence-electron chi connectivity index (χ4n) is 2.16. The van der Waals surface area contributed by atoms with Gasteiger partial charge in [0.1, 0.15) is 19.0 Å². The van der Waals surface area contributed by atoms with E-state index in [-0.39, 0.29) is 6.03 Å². The highest BCUT2D eigenvalue weighted by Crippen LogP contribution is 2.31. The maximum atomic E-state index is 12.1. The molecular weight excluding hydrogens is 286 g/mol. The lowest BCUT2D eigenvalue weighted by atomic mass is 10.2. The standard InChI is InChI=1S/C15H17N3O4/c1-10-7-14(17-22-10)16-15(19)18(2)9-11-3-4-12-13(8-11)21-6-5-20-12/h3-4,7-8H,5-6,9H2,1-2H3,(H,16,17,19). The number of amides is 2. The normalized spacial score (nSPS) is 12.8. The van der Waals surface area contributed by atoms with Crippen LogP contribution >= 0.6 is 0 Å². The Bertz CT molecular complexity index is 683. The van der Waals surface area contributed by atoms with Crippen molar-refractivity contribution in [3.63, 3.8) is 0 Å². The lowest BCUT2D eigenvalue weighted by molar-refractivity contribution is 0.171. The van der Waals surface area contributed by atoms with Crippen molar-refractivity contribution in [3.8, 4) is 11.5 Å². The first-order valence-corrected chi connectivity index (χ1v) is 6.96. The second-order valence-electron chi connectivity index (χ2n) is 5.09. The van der Waals surface area contributed by atoms with E-state index in [9.17, 15) is 4.79 Å². The molecule has 0 bridgehead atoms. The van der Waals surface area contributed by atoms with E-state index in [2.05, 4.69) is 10.5 Å². The minimum absolute atomic E-state index is 0.261. The number of aryl methyl sites for hydroxylation is 1. The van der Waals surface area contributed by atoms with Crippen LogP contribution in [0.1, 0.15) is 11.3 Å². The SMILES string of the molecule is Cc1cc(NC(=O)N(C)Cc2ccc3c(c2)OCCO3)no1. The lowest BCUT2D eigenvalue weighted by Crippen LogP contribution is -2.31. The first kappa shape index (κ1) is 14.2. The Morgan fingerprint density at radius 3 is 2.77 bits per heavy atom. The van der Waals surface area contributed by atoms with E-state index in [1.165, 1.54) is 0 Å². The molecule has 1 aliphatic rings. The highest BCUT2D eigenvalue weighted by Gasteiger charge is 2.15. The number of ether oxygens (including phenoxy) is 2. The summed E-state index contributed by atoms with van der Waals surface area (Å²) in [6.07, 6.45) is 0. The minimum atomic E-state index is -0.261. The molecule has 0 unspecified atom stereocenters. The fourth-order valence-corrected chi connectivity index (χ4v) is 2.16. The summed E-state index contributed by atoms with van der Waals surface area (Å²) in [6.45, 7) is 3.31. The Balaban J connectivity index is 1.63. The summed E-state index contributed by atoms with van der Waals surface area (Å²) >= 11 is 0. The van der Waals surface area contributed by atoms with Gasteiger partial charge in [0.25, 0.3) is 0 Å². The predicted molar refractivity (Wildman–Crippen MR) is 79.2 cm³/mol. The third-order valence-corrected chi connectivity index (χ3v) is 3.24. The van der Waals surface area contributed by atoms with Crippen LogP contribution in [0, 0.1) is 6.92 Å². The molecule has 0 radical (unpaired) electrons. The van der Waals surface area contributed by atoms with Crippen molar-refractivity contribution in [2.24, 2.45) is 0 Å². The smallest absolute Gasteiger partial charge is 0.323 e. The summed E-state index contributed by atoms with van der Waals surface area (Å²) in [4.78, 5) is 13.6. The van der Waals surface area contributed by atoms with Gasteiger partial charge in [-0.15, -0.1) is 0 Å². The van der Waals surface area contributed by atoms with Crippen LogP contribution in [-0.4, -0.2) is 36.3 Å². The predicted octanol–water partition coefficient (Wildman–Crippen LogP) is 2.42. The Kier molecular flexibility index (Phi) is 3.86. The number of aromatic nitrogens is 1.